The third-order valence-corrected chi connectivity index (χ3v) is 3.81. The molecule has 1 aliphatic heterocycles. The van der Waals surface area contributed by atoms with Crippen LogP contribution in [0.2, 0.25) is 0 Å². The van der Waals surface area contributed by atoms with E-state index in [4.69, 9.17) is 0 Å². The van der Waals surface area contributed by atoms with Crippen molar-refractivity contribution in [2.75, 3.05) is 25.5 Å². The standard InChI is InChI=1S/C13H16BrN3/c1-17-8-6-13(10-15,7-9-17)16-12-4-2-11(14)3-5-12/h2-5,16H,6-9H2,1H3. The smallest absolute Gasteiger partial charge is 0.127 e. The molecule has 1 heterocycles. The summed E-state index contributed by atoms with van der Waals surface area (Å²) in [5.41, 5.74) is 0.611. The highest BCUT2D eigenvalue weighted by Gasteiger charge is 2.33. The van der Waals surface area contributed by atoms with E-state index in [2.05, 4.69) is 39.3 Å². The highest BCUT2D eigenvalue weighted by molar-refractivity contribution is 9.10. The van der Waals surface area contributed by atoms with Crippen molar-refractivity contribution in [3.8, 4) is 6.07 Å². The number of nitrogens with zero attached hydrogens (tertiary/aromatic N) is 2. The lowest BCUT2D eigenvalue weighted by Crippen LogP contribution is -2.47. The molecule has 4 heteroatoms. The number of anilines is 1. The molecule has 1 aromatic carbocycles. The minimum atomic E-state index is -0.402. The number of piperidine rings is 1. The summed E-state index contributed by atoms with van der Waals surface area (Å²) in [6, 6.07) is 10.4. The van der Waals surface area contributed by atoms with Crippen molar-refractivity contribution in [2.45, 2.75) is 18.4 Å². The van der Waals surface area contributed by atoms with Crippen LogP contribution < -0.4 is 5.32 Å². The average molecular weight is 294 g/mol. The fourth-order valence-corrected chi connectivity index (χ4v) is 2.34. The Morgan fingerprint density at radius 2 is 1.88 bits per heavy atom. The van der Waals surface area contributed by atoms with Crippen LogP contribution in [0, 0.1) is 11.3 Å². The largest absolute Gasteiger partial charge is 0.367 e. The molecule has 0 atom stereocenters. The van der Waals surface area contributed by atoms with Crippen molar-refractivity contribution in [3.63, 3.8) is 0 Å². The maximum absolute atomic E-state index is 9.40. The minimum Gasteiger partial charge on any atom is -0.367 e. The Balaban J connectivity index is 2.10. The Kier molecular flexibility index (Phi) is 3.70. The molecule has 1 saturated heterocycles. The van der Waals surface area contributed by atoms with E-state index in [0.29, 0.717) is 0 Å². The van der Waals surface area contributed by atoms with E-state index >= 15 is 0 Å². The van der Waals surface area contributed by atoms with Crippen LogP contribution in [0.1, 0.15) is 12.8 Å². The van der Waals surface area contributed by atoms with Crippen molar-refractivity contribution in [1.29, 1.82) is 5.26 Å². The van der Waals surface area contributed by atoms with E-state index in [9.17, 15) is 5.26 Å². The lowest BCUT2D eigenvalue weighted by Gasteiger charge is -2.36. The van der Waals surface area contributed by atoms with E-state index in [0.717, 1.165) is 36.1 Å². The maximum Gasteiger partial charge on any atom is 0.127 e. The van der Waals surface area contributed by atoms with Gasteiger partial charge in [-0.2, -0.15) is 5.26 Å². The lowest BCUT2D eigenvalue weighted by atomic mass is 9.89. The van der Waals surface area contributed by atoms with Crippen LogP contribution in [0.25, 0.3) is 0 Å². The molecule has 0 amide bonds. The van der Waals surface area contributed by atoms with Crippen LogP contribution in [-0.4, -0.2) is 30.6 Å². The second-order valence-electron chi connectivity index (χ2n) is 4.63. The van der Waals surface area contributed by atoms with Crippen LogP contribution >= 0.6 is 15.9 Å². The van der Waals surface area contributed by atoms with Gasteiger partial charge in [-0.1, -0.05) is 15.9 Å². The summed E-state index contributed by atoms with van der Waals surface area (Å²) < 4.78 is 1.05. The molecule has 0 aromatic heterocycles. The first kappa shape index (κ1) is 12.4. The average Bonchev–Trinajstić information content (AvgIpc) is 2.35. The summed E-state index contributed by atoms with van der Waals surface area (Å²) >= 11 is 3.41. The minimum absolute atomic E-state index is 0.402. The molecule has 1 fully saturated rings. The maximum atomic E-state index is 9.40. The lowest BCUT2D eigenvalue weighted by molar-refractivity contribution is 0.235. The first-order valence-corrected chi connectivity index (χ1v) is 6.56. The number of hydrogen-bond acceptors (Lipinski definition) is 3. The van der Waals surface area contributed by atoms with Gasteiger partial charge in [0.15, 0.2) is 0 Å². The van der Waals surface area contributed by atoms with Crippen molar-refractivity contribution in [3.05, 3.63) is 28.7 Å². The van der Waals surface area contributed by atoms with E-state index in [1.807, 2.05) is 24.3 Å². The fraction of sp³-hybridized carbons (Fsp3) is 0.462. The van der Waals surface area contributed by atoms with Crippen molar-refractivity contribution in [1.82, 2.24) is 4.90 Å². The molecule has 1 aromatic rings. The highest BCUT2D eigenvalue weighted by atomic mass is 79.9. The Bertz CT molecular complexity index is 413. The first-order valence-electron chi connectivity index (χ1n) is 5.77. The summed E-state index contributed by atoms with van der Waals surface area (Å²) in [5.74, 6) is 0. The number of nitrogens with one attached hydrogen (secondary N) is 1. The van der Waals surface area contributed by atoms with Gasteiger partial charge in [0.2, 0.25) is 0 Å². The molecule has 0 bridgehead atoms. The van der Waals surface area contributed by atoms with Crippen LogP contribution in [0.15, 0.2) is 28.7 Å². The summed E-state index contributed by atoms with van der Waals surface area (Å²) in [5, 5.41) is 12.8. The van der Waals surface area contributed by atoms with E-state index < -0.39 is 5.54 Å². The summed E-state index contributed by atoms with van der Waals surface area (Å²) in [7, 11) is 2.10. The van der Waals surface area contributed by atoms with Crippen LogP contribution in [0.5, 0.6) is 0 Å². The molecule has 0 radical (unpaired) electrons. The molecular formula is C13H16BrN3. The summed E-state index contributed by atoms with van der Waals surface area (Å²) in [4.78, 5) is 2.26. The summed E-state index contributed by atoms with van der Waals surface area (Å²) in [6.07, 6.45) is 1.74. The second kappa shape index (κ2) is 5.07. The number of likely N-dealkylation sites (tertiary alicyclic amines) is 1. The first-order chi connectivity index (χ1) is 8.13. The third kappa shape index (κ3) is 2.99. The molecule has 90 valence electrons. The van der Waals surface area contributed by atoms with Gasteiger partial charge in [-0.3, -0.25) is 0 Å². The molecule has 3 nitrogen and oxygen atoms in total. The normalized spacial score (nSPS) is 19.6. The number of rotatable bonds is 2. The number of benzene rings is 1. The van der Waals surface area contributed by atoms with Crippen molar-refractivity contribution >= 4 is 21.6 Å². The zero-order valence-electron chi connectivity index (χ0n) is 9.91. The van der Waals surface area contributed by atoms with Gasteiger partial charge in [-0.15, -0.1) is 0 Å². The molecule has 0 saturated carbocycles. The monoisotopic (exact) mass is 293 g/mol. The van der Waals surface area contributed by atoms with E-state index in [1.165, 1.54) is 0 Å². The topological polar surface area (TPSA) is 39.1 Å². The Morgan fingerprint density at radius 1 is 1.29 bits per heavy atom. The van der Waals surface area contributed by atoms with Crippen LogP contribution in [-0.2, 0) is 0 Å². The van der Waals surface area contributed by atoms with Gasteiger partial charge in [0.05, 0.1) is 6.07 Å². The van der Waals surface area contributed by atoms with Crippen LogP contribution in [0.4, 0.5) is 5.69 Å². The predicted octanol–water partition coefficient (Wildman–Crippen LogP) is 2.85. The molecule has 17 heavy (non-hydrogen) atoms. The molecule has 2 rings (SSSR count). The van der Waals surface area contributed by atoms with E-state index in [-0.39, 0.29) is 0 Å². The van der Waals surface area contributed by atoms with Gasteiger partial charge in [0.25, 0.3) is 0 Å². The quantitative estimate of drug-likeness (QED) is 0.911. The number of nitriles is 1. The van der Waals surface area contributed by atoms with Gasteiger partial charge in [-0.25, -0.2) is 0 Å². The van der Waals surface area contributed by atoms with Gasteiger partial charge >= 0.3 is 0 Å². The fourth-order valence-electron chi connectivity index (χ4n) is 2.07. The number of halogens is 1. The molecule has 1 N–H and O–H groups in total. The molecule has 0 spiro atoms. The van der Waals surface area contributed by atoms with Crippen molar-refractivity contribution in [2.24, 2.45) is 0 Å². The Labute approximate surface area is 111 Å². The van der Waals surface area contributed by atoms with Gasteiger partial charge < -0.3 is 10.2 Å². The predicted molar refractivity (Wildman–Crippen MR) is 72.8 cm³/mol. The SMILES string of the molecule is CN1CCC(C#N)(Nc2ccc(Br)cc2)CC1. The third-order valence-electron chi connectivity index (χ3n) is 3.28. The molecule has 0 unspecified atom stereocenters. The molecular weight excluding hydrogens is 278 g/mol. The van der Waals surface area contributed by atoms with Gasteiger partial charge in [-0.05, 0) is 44.2 Å². The molecule has 1 aliphatic rings. The second-order valence-corrected chi connectivity index (χ2v) is 5.54. The Hall–Kier alpha value is -1.05. The van der Waals surface area contributed by atoms with Gasteiger partial charge in [0, 0.05) is 23.2 Å². The van der Waals surface area contributed by atoms with Crippen LogP contribution in [0.3, 0.4) is 0 Å². The van der Waals surface area contributed by atoms with Crippen molar-refractivity contribution < 1.29 is 0 Å². The number of hydrogen-bond donors (Lipinski definition) is 1. The van der Waals surface area contributed by atoms with Gasteiger partial charge in [0.1, 0.15) is 5.54 Å². The molecule has 0 aliphatic carbocycles. The summed E-state index contributed by atoms with van der Waals surface area (Å²) in [6.45, 7) is 1.94. The van der Waals surface area contributed by atoms with E-state index in [1.54, 1.807) is 0 Å². The zero-order chi connectivity index (χ0) is 12.3. The Morgan fingerprint density at radius 3 is 2.41 bits per heavy atom. The highest BCUT2D eigenvalue weighted by Crippen LogP contribution is 2.26. The zero-order valence-corrected chi connectivity index (χ0v) is 11.5.